The fraction of sp³-hybridized carbons (Fsp3) is 0.682. The van der Waals surface area contributed by atoms with Crippen molar-refractivity contribution in [2.75, 3.05) is 38.2 Å². The number of fused-ring (bicyclic) bond motifs is 1. The minimum atomic E-state index is 0. The summed E-state index contributed by atoms with van der Waals surface area (Å²) in [5.74, 6) is 2.05. The second-order valence-electron chi connectivity index (χ2n) is 8.37. The molecule has 1 aromatic carbocycles. The Morgan fingerprint density at radius 3 is 2.41 bits per heavy atom. The molecular formula is C22H35IN4O2. The maximum atomic E-state index is 6.27. The average molecular weight is 514 g/mol. The first-order valence-electron chi connectivity index (χ1n) is 11.0. The molecule has 0 unspecified atom stereocenters. The number of ether oxygens (including phenoxy) is 2. The van der Waals surface area contributed by atoms with Gasteiger partial charge in [0.05, 0.1) is 19.8 Å². The number of likely N-dealkylation sites (tertiary alicyclic amines) is 1. The van der Waals surface area contributed by atoms with Crippen LogP contribution in [-0.4, -0.2) is 49.2 Å². The number of nitrogens with two attached hydrogens (primary N) is 1. The van der Waals surface area contributed by atoms with Crippen molar-refractivity contribution in [2.45, 2.75) is 63.3 Å². The molecule has 0 bridgehead atoms. The van der Waals surface area contributed by atoms with E-state index in [1.54, 1.807) is 0 Å². The molecule has 1 saturated carbocycles. The number of halogens is 1. The van der Waals surface area contributed by atoms with Gasteiger partial charge >= 0.3 is 0 Å². The molecule has 0 radical (unpaired) electrons. The zero-order valence-electron chi connectivity index (χ0n) is 17.3. The molecule has 0 atom stereocenters. The number of nitrogens with one attached hydrogen (secondary N) is 1. The lowest BCUT2D eigenvalue weighted by Gasteiger charge is -2.47. The molecule has 4 rings (SSSR count). The van der Waals surface area contributed by atoms with Gasteiger partial charge in [0.2, 0.25) is 0 Å². The van der Waals surface area contributed by atoms with Crippen LogP contribution in [0, 0.1) is 0 Å². The van der Waals surface area contributed by atoms with Crippen molar-refractivity contribution in [3.63, 3.8) is 0 Å². The van der Waals surface area contributed by atoms with Gasteiger partial charge in [-0.2, -0.15) is 0 Å². The number of aliphatic imine (C=N–C) groups is 1. The fourth-order valence-corrected chi connectivity index (χ4v) is 4.81. The summed E-state index contributed by atoms with van der Waals surface area (Å²) in [5, 5.41) is 3.25. The molecule has 0 amide bonds. The van der Waals surface area contributed by atoms with Crippen LogP contribution in [0.2, 0.25) is 0 Å². The SMILES string of the molecule is I.NC(=NCC1(N2CCCCC2)CCCCC1)Nc1ccc2c(c1)OCCCO2. The van der Waals surface area contributed by atoms with E-state index in [0.29, 0.717) is 19.2 Å². The van der Waals surface area contributed by atoms with E-state index in [-0.39, 0.29) is 29.5 Å². The molecule has 2 fully saturated rings. The van der Waals surface area contributed by atoms with Crippen molar-refractivity contribution in [1.29, 1.82) is 0 Å². The molecule has 6 nitrogen and oxygen atoms in total. The number of nitrogens with zero attached hydrogens (tertiary/aromatic N) is 2. The van der Waals surface area contributed by atoms with Crippen molar-refractivity contribution in [3.8, 4) is 11.5 Å². The second kappa shape index (κ2) is 10.7. The Kier molecular flexibility index (Phi) is 8.29. The van der Waals surface area contributed by atoms with Gasteiger partial charge in [-0.15, -0.1) is 24.0 Å². The van der Waals surface area contributed by atoms with E-state index < -0.39 is 0 Å². The number of benzene rings is 1. The van der Waals surface area contributed by atoms with Gasteiger partial charge in [-0.05, 0) is 50.9 Å². The quantitative estimate of drug-likeness (QED) is 0.355. The van der Waals surface area contributed by atoms with Gasteiger partial charge in [-0.1, -0.05) is 25.7 Å². The van der Waals surface area contributed by atoms with Crippen molar-refractivity contribution in [3.05, 3.63) is 18.2 Å². The molecule has 2 heterocycles. The molecule has 0 spiro atoms. The second-order valence-corrected chi connectivity index (χ2v) is 8.37. The highest BCUT2D eigenvalue weighted by atomic mass is 127. The van der Waals surface area contributed by atoms with Crippen LogP contribution in [0.15, 0.2) is 23.2 Å². The Morgan fingerprint density at radius 2 is 1.66 bits per heavy atom. The monoisotopic (exact) mass is 514 g/mol. The highest BCUT2D eigenvalue weighted by molar-refractivity contribution is 14.0. The van der Waals surface area contributed by atoms with E-state index >= 15 is 0 Å². The Labute approximate surface area is 191 Å². The minimum absolute atomic E-state index is 0. The lowest BCUT2D eigenvalue weighted by molar-refractivity contribution is 0.0408. The van der Waals surface area contributed by atoms with Crippen molar-refractivity contribution < 1.29 is 9.47 Å². The van der Waals surface area contributed by atoms with Crippen LogP contribution in [0.25, 0.3) is 0 Å². The predicted molar refractivity (Wildman–Crippen MR) is 129 cm³/mol. The minimum Gasteiger partial charge on any atom is -0.490 e. The van der Waals surface area contributed by atoms with Gasteiger partial charge < -0.3 is 20.5 Å². The summed E-state index contributed by atoms with van der Waals surface area (Å²) in [6, 6.07) is 5.85. The summed E-state index contributed by atoms with van der Waals surface area (Å²) in [4.78, 5) is 7.50. The molecular weight excluding hydrogens is 479 g/mol. The van der Waals surface area contributed by atoms with Crippen LogP contribution < -0.4 is 20.5 Å². The van der Waals surface area contributed by atoms with Gasteiger partial charge in [0.25, 0.3) is 0 Å². The first-order chi connectivity index (χ1) is 13.8. The molecule has 3 N–H and O–H groups in total. The maximum absolute atomic E-state index is 6.27. The lowest BCUT2D eigenvalue weighted by Crippen LogP contribution is -2.54. The van der Waals surface area contributed by atoms with E-state index in [9.17, 15) is 0 Å². The average Bonchev–Trinajstić information content (AvgIpc) is 2.99. The Morgan fingerprint density at radius 1 is 0.966 bits per heavy atom. The number of piperidine rings is 1. The molecule has 29 heavy (non-hydrogen) atoms. The van der Waals surface area contributed by atoms with E-state index in [2.05, 4.69) is 10.2 Å². The van der Waals surface area contributed by atoms with E-state index in [1.165, 1.54) is 64.5 Å². The number of rotatable bonds is 4. The summed E-state index contributed by atoms with van der Waals surface area (Å²) >= 11 is 0. The summed E-state index contributed by atoms with van der Waals surface area (Å²) in [6.45, 7) is 4.59. The highest BCUT2D eigenvalue weighted by Crippen LogP contribution is 2.36. The third-order valence-electron chi connectivity index (χ3n) is 6.37. The Bertz CT molecular complexity index is 685. The van der Waals surface area contributed by atoms with E-state index in [0.717, 1.165) is 30.2 Å². The Balaban J connectivity index is 0.00000240. The van der Waals surface area contributed by atoms with Crippen LogP contribution in [0.4, 0.5) is 5.69 Å². The number of anilines is 1. The third kappa shape index (κ3) is 5.69. The standard InChI is InChI=1S/C22H34N4O2.HI/c23-21(25-18-8-9-19-20(16-18)28-15-7-14-27-19)24-17-22(10-3-1-4-11-22)26-12-5-2-6-13-26;/h8-9,16H,1-7,10-15,17H2,(H3,23,24,25);1H. The zero-order chi connectivity index (χ0) is 19.2. The van der Waals surface area contributed by atoms with Crippen LogP contribution in [-0.2, 0) is 0 Å². The zero-order valence-corrected chi connectivity index (χ0v) is 19.7. The third-order valence-corrected chi connectivity index (χ3v) is 6.37. The largest absolute Gasteiger partial charge is 0.490 e. The van der Waals surface area contributed by atoms with Crippen molar-refractivity contribution in [1.82, 2.24) is 4.90 Å². The van der Waals surface area contributed by atoms with Crippen LogP contribution >= 0.6 is 24.0 Å². The normalized spacial score (nSPS) is 22.3. The highest BCUT2D eigenvalue weighted by Gasteiger charge is 2.38. The van der Waals surface area contributed by atoms with Gasteiger partial charge in [0.1, 0.15) is 0 Å². The van der Waals surface area contributed by atoms with Crippen LogP contribution in [0.3, 0.4) is 0 Å². The first-order valence-corrected chi connectivity index (χ1v) is 11.0. The Hall–Kier alpha value is -1.22. The molecule has 1 aliphatic carbocycles. The summed E-state index contributed by atoms with van der Waals surface area (Å²) < 4.78 is 11.5. The molecule has 1 saturated heterocycles. The number of guanidine groups is 1. The van der Waals surface area contributed by atoms with E-state index in [4.69, 9.17) is 20.2 Å². The molecule has 1 aromatic rings. The van der Waals surface area contributed by atoms with Gasteiger partial charge in [0, 0.05) is 23.7 Å². The van der Waals surface area contributed by atoms with Crippen molar-refractivity contribution >= 4 is 35.6 Å². The summed E-state index contributed by atoms with van der Waals surface area (Å²) in [5.41, 5.74) is 7.36. The number of hydrogen-bond acceptors (Lipinski definition) is 4. The molecule has 7 heteroatoms. The lowest BCUT2D eigenvalue weighted by atomic mass is 9.79. The first kappa shape index (κ1) is 22.5. The van der Waals surface area contributed by atoms with Crippen molar-refractivity contribution in [2.24, 2.45) is 10.7 Å². The predicted octanol–water partition coefficient (Wildman–Crippen LogP) is 4.38. The van der Waals surface area contributed by atoms with Gasteiger partial charge in [-0.3, -0.25) is 9.89 Å². The summed E-state index contributed by atoms with van der Waals surface area (Å²) in [7, 11) is 0. The van der Waals surface area contributed by atoms with Crippen LogP contribution in [0.5, 0.6) is 11.5 Å². The van der Waals surface area contributed by atoms with Gasteiger partial charge in [-0.25, -0.2) is 0 Å². The maximum Gasteiger partial charge on any atom is 0.193 e. The molecule has 0 aromatic heterocycles. The smallest absolute Gasteiger partial charge is 0.193 e. The topological polar surface area (TPSA) is 72.1 Å². The fourth-order valence-electron chi connectivity index (χ4n) is 4.81. The van der Waals surface area contributed by atoms with Crippen LogP contribution in [0.1, 0.15) is 57.8 Å². The van der Waals surface area contributed by atoms with E-state index in [1.807, 2.05) is 18.2 Å². The molecule has 162 valence electrons. The molecule has 2 aliphatic heterocycles. The van der Waals surface area contributed by atoms with Gasteiger partial charge in [0.15, 0.2) is 17.5 Å². The molecule has 3 aliphatic rings. The summed E-state index contributed by atoms with van der Waals surface area (Å²) in [6.07, 6.45) is 11.4. The number of hydrogen-bond donors (Lipinski definition) is 2.